The zero-order chi connectivity index (χ0) is 27.4. The molecule has 0 spiro atoms. The number of methoxy groups -OCH3 is 3. The largest absolute Gasteiger partial charge is 0.467 e. The monoisotopic (exact) mass is 518 g/mol. The molecule has 1 rings (SSSR count). The van der Waals surface area contributed by atoms with Crippen LogP contribution >= 0.6 is 0 Å². The molecule has 0 bridgehead atoms. The second kappa shape index (κ2) is 11.5. The number of ether oxygens (including phenoxy) is 5. The van der Waals surface area contributed by atoms with Crippen LogP contribution in [0.1, 0.15) is 54.4 Å². The summed E-state index contributed by atoms with van der Waals surface area (Å²) in [5.41, 5.74) is -3.46. The fraction of sp³-hybridized carbons (Fsp3) is 0.792. The van der Waals surface area contributed by atoms with E-state index in [4.69, 9.17) is 23.4 Å². The molecule has 0 radical (unpaired) electrons. The highest BCUT2D eigenvalue weighted by Crippen LogP contribution is 2.44. The highest BCUT2D eigenvalue weighted by molar-refractivity contribution is 6.74. The van der Waals surface area contributed by atoms with Gasteiger partial charge in [-0.1, -0.05) is 34.1 Å². The second-order valence-electron chi connectivity index (χ2n) is 10.6. The van der Waals surface area contributed by atoms with Gasteiger partial charge in [-0.25, -0.2) is 14.4 Å². The minimum atomic E-state index is -2.77. The van der Waals surface area contributed by atoms with Crippen molar-refractivity contribution in [1.82, 2.24) is 0 Å². The normalized spacial score (nSPS) is 23.3. The summed E-state index contributed by atoms with van der Waals surface area (Å²) in [5.74, 6) is -4.60. The lowest BCUT2D eigenvalue weighted by molar-refractivity contribution is -0.187. The second-order valence-corrected chi connectivity index (χ2v) is 15.3. The van der Waals surface area contributed by atoms with Gasteiger partial charge in [-0.2, -0.15) is 0 Å². The van der Waals surface area contributed by atoms with Crippen LogP contribution in [0.3, 0.4) is 0 Å². The molecule has 0 unspecified atom stereocenters. The lowest BCUT2D eigenvalue weighted by Crippen LogP contribution is -2.60. The minimum Gasteiger partial charge on any atom is -0.467 e. The third kappa shape index (κ3) is 6.91. The summed E-state index contributed by atoms with van der Waals surface area (Å²) >= 11 is 0. The van der Waals surface area contributed by atoms with Crippen LogP contribution < -0.4 is 0 Å². The maximum absolute atomic E-state index is 13.1. The molecule has 1 fully saturated rings. The lowest BCUT2D eigenvalue weighted by Gasteiger charge is -2.42. The summed E-state index contributed by atoms with van der Waals surface area (Å²) in [5, 5.41) is 11.7. The van der Waals surface area contributed by atoms with E-state index < -0.39 is 61.5 Å². The van der Waals surface area contributed by atoms with E-state index in [0.29, 0.717) is 18.9 Å². The molecule has 1 saturated heterocycles. The quantitative estimate of drug-likeness (QED) is 0.200. The Kier molecular flexibility index (Phi) is 10.3. The molecule has 0 aromatic carbocycles. The predicted octanol–water partition coefficient (Wildman–Crippen LogP) is 2.87. The van der Waals surface area contributed by atoms with Crippen molar-refractivity contribution in [2.75, 3.05) is 21.3 Å². The molecule has 0 aromatic heterocycles. The van der Waals surface area contributed by atoms with Gasteiger partial charge in [-0.15, -0.1) is 0 Å². The molecule has 4 atom stereocenters. The SMILES string of the molecule is CCC[C@H](O[Si](C)(C)C(C)(C)C)[C@@H]1OC(C)(C)O[C@H]1[C@@](O)(C(=O)OC)C(=CC(=O)OC)C(=O)OC. The molecule has 0 aromatic rings. The summed E-state index contributed by atoms with van der Waals surface area (Å²) in [6.07, 6.45) is -1.13. The van der Waals surface area contributed by atoms with Crippen LogP contribution in [0.4, 0.5) is 0 Å². The first-order valence-electron chi connectivity index (χ1n) is 11.6. The Hall–Kier alpha value is -1.79. The van der Waals surface area contributed by atoms with E-state index in [2.05, 4.69) is 38.6 Å². The molecule has 1 N–H and O–H groups in total. The Morgan fingerprint density at radius 1 is 1.06 bits per heavy atom. The summed E-state index contributed by atoms with van der Waals surface area (Å²) in [4.78, 5) is 37.9. The average molecular weight is 519 g/mol. The topological polar surface area (TPSA) is 127 Å². The van der Waals surface area contributed by atoms with Gasteiger partial charge in [0, 0.05) is 6.08 Å². The highest BCUT2D eigenvalue weighted by atomic mass is 28.4. The Morgan fingerprint density at radius 2 is 1.63 bits per heavy atom. The number of rotatable bonds is 10. The van der Waals surface area contributed by atoms with Crippen LogP contribution in [0.25, 0.3) is 0 Å². The summed E-state index contributed by atoms with van der Waals surface area (Å²) in [6, 6.07) is 0. The first kappa shape index (κ1) is 31.2. The number of carbonyl (C=O) groups excluding carboxylic acids is 3. The number of aliphatic hydroxyl groups is 1. The van der Waals surface area contributed by atoms with Gasteiger partial charge in [-0.3, -0.25) is 0 Å². The molecule has 1 aliphatic heterocycles. The number of hydrogen-bond donors (Lipinski definition) is 1. The van der Waals surface area contributed by atoms with Gasteiger partial charge in [0.1, 0.15) is 12.2 Å². The fourth-order valence-electron chi connectivity index (χ4n) is 3.66. The van der Waals surface area contributed by atoms with Crippen molar-refractivity contribution < 1.29 is 47.6 Å². The minimum absolute atomic E-state index is 0.135. The Balaban J connectivity index is 3.79. The predicted molar refractivity (Wildman–Crippen MR) is 130 cm³/mol. The average Bonchev–Trinajstić information content (AvgIpc) is 3.10. The molecule has 0 aliphatic carbocycles. The molecule has 0 amide bonds. The van der Waals surface area contributed by atoms with Gasteiger partial charge in [0.05, 0.1) is 33.0 Å². The van der Waals surface area contributed by atoms with Crippen molar-refractivity contribution >= 4 is 26.2 Å². The summed E-state index contributed by atoms with van der Waals surface area (Å²) in [7, 11) is 0.851. The molecule has 10 nitrogen and oxygen atoms in total. The lowest BCUT2D eigenvalue weighted by atomic mass is 9.82. The fourth-order valence-corrected chi connectivity index (χ4v) is 5.02. The van der Waals surface area contributed by atoms with Crippen molar-refractivity contribution in [3.05, 3.63) is 11.6 Å². The molecule has 0 saturated carbocycles. The third-order valence-corrected chi connectivity index (χ3v) is 11.0. The highest BCUT2D eigenvalue weighted by Gasteiger charge is 2.62. The maximum Gasteiger partial charge on any atom is 0.345 e. The molecule has 35 heavy (non-hydrogen) atoms. The first-order valence-corrected chi connectivity index (χ1v) is 14.5. The first-order chi connectivity index (χ1) is 15.9. The summed E-state index contributed by atoms with van der Waals surface area (Å²) < 4.78 is 33.2. The van der Waals surface area contributed by atoms with Crippen LogP contribution in [-0.4, -0.2) is 82.4 Å². The van der Waals surface area contributed by atoms with Crippen LogP contribution in [-0.2, 0) is 42.5 Å². The number of esters is 3. The molecule has 1 aliphatic rings. The van der Waals surface area contributed by atoms with Crippen molar-refractivity contribution in [2.45, 2.75) is 102 Å². The van der Waals surface area contributed by atoms with Gasteiger partial charge >= 0.3 is 17.9 Å². The van der Waals surface area contributed by atoms with Gasteiger partial charge in [0.15, 0.2) is 14.1 Å². The number of hydrogen-bond acceptors (Lipinski definition) is 10. The van der Waals surface area contributed by atoms with Crippen LogP contribution in [0.5, 0.6) is 0 Å². The van der Waals surface area contributed by atoms with Gasteiger partial charge in [-0.05, 0) is 38.4 Å². The Bertz CT molecular complexity index is 814. The van der Waals surface area contributed by atoms with E-state index in [0.717, 1.165) is 21.3 Å². The van der Waals surface area contributed by atoms with Crippen molar-refractivity contribution in [2.24, 2.45) is 0 Å². The zero-order valence-electron chi connectivity index (χ0n) is 22.8. The van der Waals surface area contributed by atoms with E-state index >= 15 is 0 Å². The summed E-state index contributed by atoms with van der Waals surface area (Å²) in [6.45, 7) is 15.6. The van der Waals surface area contributed by atoms with Crippen LogP contribution in [0, 0.1) is 0 Å². The Morgan fingerprint density at radius 3 is 2.06 bits per heavy atom. The Labute approximate surface area is 209 Å². The maximum atomic E-state index is 13.1. The zero-order valence-corrected chi connectivity index (χ0v) is 23.8. The standard InChI is InChI=1S/C24H42O10Si/c1-12-13-16(34-35(10,11)22(2,3)4)18-19(33-23(5,6)32-18)24(28,21(27)31-9)15(20(26)30-8)14-17(25)29-7/h14,16,18-19,28H,12-13H2,1-11H3/t16-,18-,19+,24+/m0/s1. The molecule has 1 heterocycles. The van der Waals surface area contributed by atoms with Crippen LogP contribution in [0.15, 0.2) is 11.6 Å². The van der Waals surface area contributed by atoms with E-state index in [9.17, 15) is 19.5 Å². The molecule has 11 heteroatoms. The van der Waals surface area contributed by atoms with E-state index in [-0.39, 0.29) is 5.04 Å². The molecular weight excluding hydrogens is 476 g/mol. The van der Waals surface area contributed by atoms with Gasteiger partial charge in [0.25, 0.3) is 0 Å². The smallest absolute Gasteiger partial charge is 0.345 e. The van der Waals surface area contributed by atoms with Gasteiger partial charge < -0.3 is 33.2 Å². The number of carbonyl (C=O) groups is 3. The van der Waals surface area contributed by atoms with E-state index in [1.165, 1.54) is 0 Å². The van der Waals surface area contributed by atoms with E-state index in [1.54, 1.807) is 13.8 Å². The van der Waals surface area contributed by atoms with Crippen molar-refractivity contribution in [3.63, 3.8) is 0 Å². The van der Waals surface area contributed by atoms with E-state index in [1.807, 2.05) is 6.92 Å². The molecule has 202 valence electrons. The van der Waals surface area contributed by atoms with Crippen molar-refractivity contribution in [3.8, 4) is 0 Å². The molecular formula is C24H42O10Si. The van der Waals surface area contributed by atoms with Gasteiger partial charge in [0.2, 0.25) is 5.60 Å². The van der Waals surface area contributed by atoms with Crippen LogP contribution in [0.2, 0.25) is 18.1 Å². The van der Waals surface area contributed by atoms with Crippen molar-refractivity contribution in [1.29, 1.82) is 0 Å². The third-order valence-electron chi connectivity index (χ3n) is 6.51.